The lowest BCUT2D eigenvalue weighted by molar-refractivity contribution is -0.0143. The average Bonchev–Trinajstić information content (AvgIpc) is 2.80. The van der Waals surface area contributed by atoms with Gasteiger partial charge in [0.2, 0.25) is 0 Å². The maximum Gasteiger partial charge on any atom is 0.0359 e. The van der Waals surface area contributed by atoms with Gasteiger partial charge in [-0.25, -0.2) is 0 Å². The van der Waals surface area contributed by atoms with Gasteiger partial charge in [-0.1, -0.05) is 0 Å². The van der Waals surface area contributed by atoms with Crippen LogP contribution in [0, 0.1) is 23.7 Å². The van der Waals surface area contributed by atoms with Crippen molar-refractivity contribution in [3.8, 4) is 0 Å². The lowest BCUT2D eigenvalue weighted by atomic mass is 9.54. The molecule has 4 saturated carbocycles. The highest BCUT2D eigenvalue weighted by Gasteiger charge is 2.47. The second-order valence-corrected chi connectivity index (χ2v) is 6.53. The van der Waals surface area contributed by atoms with Crippen molar-refractivity contribution >= 4 is 0 Å². The molecule has 0 amide bonds. The fourth-order valence-corrected chi connectivity index (χ4v) is 4.96. The molecule has 17 heavy (non-hydrogen) atoms. The van der Waals surface area contributed by atoms with E-state index in [1.807, 2.05) is 6.20 Å². The molecule has 2 N–H and O–H groups in total. The molecule has 0 spiro atoms. The number of H-pyrrole nitrogens is 1. The number of nitrogens with one attached hydrogen (secondary N) is 2. The van der Waals surface area contributed by atoms with E-state index in [9.17, 15) is 0 Å². The first-order chi connectivity index (χ1) is 8.38. The van der Waals surface area contributed by atoms with Crippen molar-refractivity contribution in [1.82, 2.24) is 10.3 Å². The van der Waals surface area contributed by atoms with Crippen molar-refractivity contribution in [3.05, 3.63) is 24.0 Å². The van der Waals surface area contributed by atoms with Gasteiger partial charge in [-0.05, 0) is 67.9 Å². The molecular formula is C15H22N2. The maximum absolute atomic E-state index is 3.84. The highest BCUT2D eigenvalue weighted by molar-refractivity contribution is 5.06. The first-order valence-electron chi connectivity index (χ1n) is 7.24. The van der Waals surface area contributed by atoms with Crippen LogP contribution < -0.4 is 5.32 Å². The minimum atomic E-state index is 0.811. The Bertz CT molecular complexity index is 354. The van der Waals surface area contributed by atoms with Gasteiger partial charge in [0, 0.05) is 24.5 Å². The average molecular weight is 230 g/mol. The summed E-state index contributed by atoms with van der Waals surface area (Å²) in [5.74, 6) is 4.14. The largest absolute Gasteiger partial charge is 0.364 e. The van der Waals surface area contributed by atoms with Crippen molar-refractivity contribution in [2.24, 2.45) is 23.7 Å². The van der Waals surface area contributed by atoms with Crippen LogP contribution in [0.25, 0.3) is 0 Å². The van der Waals surface area contributed by atoms with Gasteiger partial charge in [0.15, 0.2) is 0 Å². The van der Waals surface area contributed by atoms with E-state index >= 15 is 0 Å². The summed E-state index contributed by atoms with van der Waals surface area (Å²) in [4.78, 5) is 3.30. The summed E-state index contributed by atoms with van der Waals surface area (Å²) in [6.45, 7) is 1.03. The van der Waals surface area contributed by atoms with Crippen molar-refractivity contribution in [1.29, 1.82) is 0 Å². The zero-order valence-electron chi connectivity index (χ0n) is 10.4. The molecule has 1 aromatic heterocycles. The predicted molar refractivity (Wildman–Crippen MR) is 68.5 cm³/mol. The zero-order chi connectivity index (χ0) is 11.2. The van der Waals surface area contributed by atoms with Gasteiger partial charge in [-0.3, -0.25) is 0 Å². The first-order valence-corrected chi connectivity index (χ1v) is 7.24. The van der Waals surface area contributed by atoms with Gasteiger partial charge >= 0.3 is 0 Å². The van der Waals surface area contributed by atoms with E-state index in [0.29, 0.717) is 0 Å². The standard InChI is InChI=1S/C15H22N2/c1-2-14(16-3-1)9-17-15-12-5-10-4-11(7-12)8-13(15)6-10/h1-3,10-13,15-17H,4-9H2. The number of aromatic amines is 1. The number of hydrogen-bond donors (Lipinski definition) is 2. The van der Waals surface area contributed by atoms with Gasteiger partial charge in [-0.2, -0.15) is 0 Å². The van der Waals surface area contributed by atoms with E-state index in [4.69, 9.17) is 0 Å². The Hall–Kier alpha value is -0.760. The van der Waals surface area contributed by atoms with Crippen molar-refractivity contribution < 1.29 is 0 Å². The molecule has 4 bridgehead atoms. The van der Waals surface area contributed by atoms with E-state index < -0.39 is 0 Å². The lowest BCUT2D eigenvalue weighted by Gasteiger charge is -2.54. The third kappa shape index (κ3) is 1.74. The quantitative estimate of drug-likeness (QED) is 0.821. The van der Waals surface area contributed by atoms with Crippen LogP contribution in [-0.2, 0) is 6.54 Å². The smallest absolute Gasteiger partial charge is 0.0359 e. The van der Waals surface area contributed by atoms with Crippen LogP contribution in [0.2, 0.25) is 0 Å². The molecule has 1 aromatic rings. The Labute approximate surface area is 103 Å². The molecule has 0 unspecified atom stereocenters. The van der Waals surface area contributed by atoms with Crippen LogP contribution in [0.3, 0.4) is 0 Å². The molecule has 5 rings (SSSR count). The lowest BCUT2D eigenvalue weighted by Crippen LogP contribution is -2.54. The molecule has 0 aromatic carbocycles. The minimum absolute atomic E-state index is 0.811. The molecular weight excluding hydrogens is 208 g/mol. The van der Waals surface area contributed by atoms with Gasteiger partial charge < -0.3 is 10.3 Å². The van der Waals surface area contributed by atoms with E-state index in [-0.39, 0.29) is 0 Å². The highest BCUT2D eigenvalue weighted by atomic mass is 15.0. The summed E-state index contributed by atoms with van der Waals surface area (Å²) in [5.41, 5.74) is 1.33. The summed E-state index contributed by atoms with van der Waals surface area (Å²) in [5, 5.41) is 3.84. The van der Waals surface area contributed by atoms with Crippen LogP contribution in [0.15, 0.2) is 18.3 Å². The van der Waals surface area contributed by atoms with Crippen molar-refractivity contribution in [3.63, 3.8) is 0 Å². The predicted octanol–water partition coefficient (Wildman–Crippen LogP) is 2.93. The van der Waals surface area contributed by atoms with E-state index in [1.54, 1.807) is 6.42 Å². The molecule has 0 radical (unpaired) electrons. The summed E-state index contributed by atoms with van der Waals surface area (Å²) in [6.07, 6.45) is 9.61. The van der Waals surface area contributed by atoms with E-state index in [1.165, 1.54) is 31.4 Å². The molecule has 92 valence electrons. The maximum atomic E-state index is 3.84. The highest BCUT2D eigenvalue weighted by Crippen LogP contribution is 2.53. The van der Waals surface area contributed by atoms with Gasteiger partial charge in [0.05, 0.1) is 0 Å². The summed E-state index contributed by atoms with van der Waals surface area (Å²) < 4.78 is 0. The third-order valence-corrected chi connectivity index (χ3v) is 5.42. The summed E-state index contributed by atoms with van der Waals surface area (Å²) in [6, 6.07) is 5.09. The van der Waals surface area contributed by atoms with Gasteiger partial charge in [0.1, 0.15) is 0 Å². The summed E-state index contributed by atoms with van der Waals surface area (Å²) >= 11 is 0. The molecule has 0 aliphatic heterocycles. The second-order valence-electron chi connectivity index (χ2n) is 6.53. The van der Waals surface area contributed by atoms with Crippen LogP contribution in [0.4, 0.5) is 0 Å². The van der Waals surface area contributed by atoms with Crippen LogP contribution in [0.1, 0.15) is 37.8 Å². The van der Waals surface area contributed by atoms with Gasteiger partial charge in [0.25, 0.3) is 0 Å². The monoisotopic (exact) mass is 230 g/mol. The Morgan fingerprint density at radius 3 is 2.35 bits per heavy atom. The molecule has 0 atom stereocenters. The van der Waals surface area contributed by atoms with E-state index in [2.05, 4.69) is 22.4 Å². The van der Waals surface area contributed by atoms with Crippen molar-refractivity contribution in [2.75, 3.05) is 0 Å². The molecule has 4 fully saturated rings. The van der Waals surface area contributed by atoms with Gasteiger partial charge in [-0.15, -0.1) is 0 Å². The minimum Gasteiger partial charge on any atom is -0.364 e. The molecule has 2 heteroatoms. The molecule has 0 saturated heterocycles. The Morgan fingerprint density at radius 2 is 1.76 bits per heavy atom. The van der Waals surface area contributed by atoms with Crippen LogP contribution >= 0.6 is 0 Å². The Kier molecular flexibility index (Phi) is 2.32. The number of aromatic nitrogens is 1. The van der Waals surface area contributed by atoms with Crippen LogP contribution in [0.5, 0.6) is 0 Å². The Balaban J connectivity index is 1.44. The molecule has 4 aliphatic carbocycles. The molecule has 1 heterocycles. The Morgan fingerprint density at radius 1 is 1.06 bits per heavy atom. The fraction of sp³-hybridized carbons (Fsp3) is 0.733. The fourth-order valence-electron chi connectivity index (χ4n) is 4.96. The number of hydrogen-bond acceptors (Lipinski definition) is 1. The normalized spacial score (nSPS) is 43.2. The first kappa shape index (κ1) is 10.2. The zero-order valence-corrected chi connectivity index (χ0v) is 10.4. The third-order valence-electron chi connectivity index (χ3n) is 5.42. The SMILES string of the molecule is c1c[nH]c(CNC2C3CC4CC(C3)CC2C4)c1. The summed E-state index contributed by atoms with van der Waals surface area (Å²) in [7, 11) is 0. The van der Waals surface area contributed by atoms with Crippen molar-refractivity contribution in [2.45, 2.75) is 44.7 Å². The number of rotatable bonds is 3. The van der Waals surface area contributed by atoms with Crippen LogP contribution in [-0.4, -0.2) is 11.0 Å². The molecule has 2 nitrogen and oxygen atoms in total. The second kappa shape index (κ2) is 3.88. The molecule has 4 aliphatic rings. The van der Waals surface area contributed by atoms with E-state index in [0.717, 1.165) is 36.3 Å². The topological polar surface area (TPSA) is 27.8 Å².